The predicted molar refractivity (Wildman–Crippen MR) is 78.7 cm³/mol. The molecule has 0 fully saturated rings. The lowest BCUT2D eigenvalue weighted by molar-refractivity contribution is 0.0944. The maximum Gasteiger partial charge on any atom is 0.261 e. The van der Waals surface area contributed by atoms with Gasteiger partial charge in [-0.3, -0.25) is 4.79 Å². The molecule has 3 heteroatoms. The Morgan fingerprint density at radius 1 is 1.26 bits per heavy atom. The van der Waals surface area contributed by atoms with Crippen LogP contribution in [0.25, 0.3) is 0 Å². The first-order valence-corrected chi connectivity index (χ1v) is 7.53. The van der Waals surface area contributed by atoms with E-state index in [0.717, 1.165) is 23.3 Å². The molecular formula is C16H17NOS. The predicted octanol–water partition coefficient (Wildman–Crippen LogP) is 3.73. The van der Waals surface area contributed by atoms with Crippen molar-refractivity contribution in [2.75, 3.05) is 0 Å². The molecule has 2 aromatic rings. The number of hydrogen-bond donors (Lipinski definition) is 1. The van der Waals surface area contributed by atoms with Gasteiger partial charge in [0.1, 0.15) is 0 Å². The van der Waals surface area contributed by atoms with E-state index in [1.807, 2.05) is 37.3 Å². The molecule has 0 saturated heterocycles. The van der Waals surface area contributed by atoms with Crippen molar-refractivity contribution in [3.8, 4) is 0 Å². The van der Waals surface area contributed by atoms with Crippen LogP contribution in [0, 0.1) is 0 Å². The Morgan fingerprint density at radius 3 is 2.79 bits per heavy atom. The van der Waals surface area contributed by atoms with Crippen LogP contribution in [-0.2, 0) is 12.8 Å². The minimum Gasteiger partial charge on any atom is -0.345 e. The molecule has 3 rings (SSSR count). The lowest BCUT2D eigenvalue weighted by Crippen LogP contribution is -2.25. The fourth-order valence-electron chi connectivity index (χ4n) is 2.53. The molecule has 19 heavy (non-hydrogen) atoms. The first-order valence-electron chi connectivity index (χ1n) is 6.71. The first-order chi connectivity index (χ1) is 9.24. The Balaban J connectivity index is 1.71. The molecule has 1 aliphatic carbocycles. The molecular weight excluding hydrogens is 254 g/mol. The zero-order valence-corrected chi connectivity index (χ0v) is 11.8. The van der Waals surface area contributed by atoms with E-state index in [-0.39, 0.29) is 11.9 Å². The number of nitrogens with one attached hydrogen (secondary N) is 1. The number of fused-ring (bicyclic) bond motifs is 1. The van der Waals surface area contributed by atoms with E-state index < -0.39 is 0 Å². The van der Waals surface area contributed by atoms with Crippen LogP contribution in [0.2, 0.25) is 0 Å². The lowest BCUT2D eigenvalue weighted by atomic mass is 10.1. The van der Waals surface area contributed by atoms with Crippen LogP contribution in [0.4, 0.5) is 0 Å². The van der Waals surface area contributed by atoms with Crippen LogP contribution in [0.3, 0.4) is 0 Å². The highest BCUT2D eigenvalue weighted by atomic mass is 32.1. The van der Waals surface area contributed by atoms with Gasteiger partial charge in [-0.15, -0.1) is 11.3 Å². The van der Waals surface area contributed by atoms with E-state index in [9.17, 15) is 4.79 Å². The van der Waals surface area contributed by atoms with Gasteiger partial charge in [0.05, 0.1) is 10.9 Å². The standard InChI is InChI=1S/C16H17NOS/c1-11(12-6-3-2-4-7-12)17-16(18)15-10-13-8-5-9-14(13)19-15/h2-4,6-7,10-11H,5,8-9H2,1H3,(H,17,18). The summed E-state index contributed by atoms with van der Waals surface area (Å²) in [5, 5.41) is 3.07. The zero-order chi connectivity index (χ0) is 13.2. The third-order valence-corrected chi connectivity index (χ3v) is 4.85. The van der Waals surface area contributed by atoms with Gasteiger partial charge in [-0.05, 0) is 43.4 Å². The van der Waals surface area contributed by atoms with Crippen molar-refractivity contribution in [2.45, 2.75) is 32.2 Å². The zero-order valence-electron chi connectivity index (χ0n) is 11.0. The third kappa shape index (κ3) is 2.56. The van der Waals surface area contributed by atoms with E-state index in [2.05, 4.69) is 11.4 Å². The average molecular weight is 271 g/mol. The summed E-state index contributed by atoms with van der Waals surface area (Å²) in [7, 11) is 0. The molecule has 98 valence electrons. The molecule has 0 spiro atoms. The second-order valence-corrected chi connectivity index (χ2v) is 6.16. The minimum atomic E-state index is 0.0469. The second kappa shape index (κ2) is 5.17. The molecule has 1 unspecified atom stereocenters. The first kappa shape index (κ1) is 12.4. The van der Waals surface area contributed by atoms with Gasteiger partial charge in [0.15, 0.2) is 0 Å². The molecule has 1 N–H and O–H groups in total. The van der Waals surface area contributed by atoms with Crippen LogP contribution in [0.15, 0.2) is 36.4 Å². The molecule has 0 radical (unpaired) electrons. The maximum absolute atomic E-state index is 12.2. The number of aryl methyl sites for hydroxylation is 2. The molecule has 0 aliphatic heterocycles. The highest BCUT2D eigenvalue weighted by molar-refractivity contribution is 7.14. The van der Waals surface area contributed by atoms with Gasteiger partial charge in [-0.2, -0.15) is 0 Å². The number of benzene rings is 1. The fourth-order valence-corrected chi connectivity index (χ4v) is 3.69. The van der Waals surface area contributed by atoms with Crippen LogP contribution < -0.4 is 5.32 Å². The van der Waals surface area contributed by atoms with Crippen molar-refractivity contribution in [3.05, 3.63) is 57.3 Å². The Morgan fingerprint density at radius 2 is 2.05 bits per heavy atom. The molecule has 1 heterocycles. The van der Waals surface area contributed by atoms with Crippen LogP contribution >= 0.6 is 11.3 Å². The van der Waals surface area contributed by atoms with Crippen LogP contribution in [0.5, 0.6) is 0 Å². The summed E-state index contributed by atoms with van der Waals surface area (Å²) in [5.41, 5.74) is 2.52. The number of carbonyl (C=O) groups is 1. The van der Waals surface area contributed by atoms with Gasteiger partial charge in [-0.25, -0.2) is 0 Å². The van der Waals surface area contributed by atoms with Crippen molar-refractivity contribution in [1.82, 2.24) is 5.32 Å². The summed E-state index contributed by atoms with van der Waals surface area (Å²) in [5.74, 6) is 0.0516. The minimum absolute atomic E-state index is 0.0469. The Kier molecular flexibility index (Phi) is 3.38. The van der Waals surface area contributed by atoms with E-state index >= 15 is 0 Å². The lowest BCUT2D eigenvalue weighted by Gasteiger charge is -2.13. The van der Waals surface area contributed by atoms with E-state index in [1.165, 1.54) is 16.9 Å². The van der Waals surface area contributed by atoms with E-state index in [1.54, 1.807) is 11.3 Å². The van der Waals surface area contributed by atoms with Gasteiger partial charge in [-0.1, -0.05) is 30.3 Å². The molecule has 0 bridgehead atoms. The second-order valence-electron chi connectivity index (χ2n) is 5.02. The molecule has 1 aromatic heterocycles. The number of thiophene rings is 1. The average Bonchev–Trinajstić information content (AvgIpc) is 3.00. The largest absolute Gasteiger partial charge is 0.345 e. The van der Waals surface area contributed by atoms with Gasteiger partial charge >= 0.3 is 0 Å². The molecule has 1 aliphatic rings. The normalized spacial score (nSPS) is 15.0. The monoisotopic (exact) mass is 271 g/mol. The van der Waals surface area contributed by atoms with Gasteiger partial charge in [0.2, 0.25) is 0 Å². The summed E-state index contributed by atoms with van der Waals surface area (Å²) in [6.45, 7) is 2.02. The van der Waals surface area contributed by atoms with Gasteiger partial charge in [0, 0.05) is 4.88 Å². The summed E-state index contributed by atoms with van der Waals surface area (Å²) in [6, 6.07) is 12.2. The van der Waals surface area contributed by atoms with E-state index in [0.29, 0.717) is 0 Å². The van der Waals surface area contributed by atoms with Crippen LogP contribution in [-0.4, -0.2) is 5.91 Å². The summed E-state index contributed by atoms with van der Waals surface area (Å²) in [6.07, 6.45) is 3.51. The summed E-state index contributed by atoms with van der Waals surface area (Å²) < 4.78 is 0. The van der Waals surface area contributed by atoms with Gasteiger partial charge in [0.25, 0.3) is 5.91 Å². The quantitative estimate of drug-likeness (QED) is 0.905. The number of hydrogen-bond acceptors (Lipinski definition) is 2. The van der Waals surface area contributed by atoms with Crippen molar-refractivity contribution in [1.29, 1.82) is 0 Å². The topological polar surface area (TPSA) is 29.1 Å². The summed E-state index contributed by atoms with van der Waals surface area (Å²) in [4.78, 5) is 14.5. The van der Waals surface area contributed by atoms with E-state index in [4.69, 9.17) is 0 Å². The Labute approximate surface area is 117 Å². The van der Waals surface area contributed by atoms with Crippen molar-refractivity contribution >= 4 is 17.2 Å². The van der Waals surface area contributed by atoms with Crippen molar-refractivity contribution in [3.63, 3.8) is 0 Å². The highest BCUT2D eigenvalue weighted by Gasteiger charge is 2.19. The molecule has 0 saturated carbocycles. The number of carbonyl (C=O) groups excluding carboxylic acids is 1. The Bertz CT molecular complexity index is 567. The SMILES string of the molecule is CC(NC(=O)c1cc2c(s1)CCC2)c1ccccc1. The molecule has 1 atom stereocenters. The maximum atomic E-state index is 12.2. The molecule has 1 aromatic carbocycles. The Hall–Kier alpha value is -1.61. The smallest absolute Gasteiger partial charge is 0.261 e. The third-order valence-electron chi connectivity index (χ3n) is 3.62. The highest BCUT2D eigenvalue weighted by Crippen LogP contribution is 2.30. The number of amides is 1. The van der Waals surface area contributed by atoms with Crippen LogP contribution in [0.1, 0.15) is 45.1 Å². The number of rotatable bonds is 3. The molecule has 2 nitrogen and oxygen atoms in total. The molecule has 1 amide bonds. The van der Waals surface area contributed by atoms with Crippen molar-refractivity contribution < 1.29 is 4.79 Å². The van der Waals surface area contributed by atoms with Crippen molar-refractivity contribution in [2.24, 2.45) is 0 Å². The van der Waals surface area contributed by atoms with Gasteiger partial charge < -0.3 is 5.32 Å². The summed E-state index contributed by atoms with van der Waals surface area (Å²) >= 11 is 1.66. The fraction of sp³-hybridized carbons (Fsp3) is 0.312.